The fourth-order valence-electron chi connectivity index (χ4n) is 2.02. The largest absolute Gasteiger partial charge is 0.481 e. The predicted molar refractivity (Wildman–Crippen MR) is 59.4 cm³/mol. The lowest BCUT2D eigenvalue weighted by atomic mass is 10.1. The lowest BCUT2D eigenvalue weighted by Gasteiger charge is -2.07. The molecule has 2 aromatic rings. The van der Waals surface area contributed by atoms with Crippen LogP contribution < -0.4 is 0 Å². The normalized spacial score (nSPS) is 12.0. The molecule has 0 amide bonds. The number of carboxylic acid groups (broad SMARTS) is 1. The lowest BCUT2D eigenvalue weighted by molar-refractivity contribution is -0.137. The molecule has 18 heavy (non-hydrogen) atoms. The number of carboxylic acids is 1. The number of benzene rings is 1. The SMILES string of the molecule is Cc1[nH]c2c(C(F)(F)F)cccc2c1CC(=O)O. The fourth-order valence-corrected chi connectivity index (χ4v) is 2.02. The first-order valence-corrected chi connectivity index (χ1v) is 5.20. The van der Waals surface area contributed by atoms with Gasteiger partial charge < -0.3 is 10.1 Å². The third kappa shape index (κ3) is 2.05. The maximum absolute atomic E-state index is 12.8. The van der Waals surface area contributed by atoms with Crippen LogP contribution in [0.2, 0.25) is 0 Å². The van der Waals surface area contributed by atoms with E-state index in [4.69, 9.17) is 5.11 Å². The Balaban J connectivity index is 2.71. The van der Waals surface area contributed by atoms with Crippen molar-refractivity contribution in [2.75, 3.05) is 0 Å². The van der Waals surface area contributed by atoms with Gasteiger partial charge in [0.15, 0.2) is 0 Å². The molecule has 1 aromatic carbocycles. The number of rotatable bonds is 2. The van der Waals surface area contributed by atoms with Gasteiger partial charge in [-0.15, -0.1) is 0 Å². The van der Waals surface area contributed by atoms with Crippen molar-refractivity contribution in [3.8, 4) is 0 Å². The van der Waals surface area contributed by atoms with Gasteiger partial charge in [-0.05, 0) is 18.6 Å². The summed E-state index contributed by atoms with van der Waals surface area (Å²) in [6.45, 7) is 1.57. The van der Waals surface area contributed by atoms with E-state index in [1.807, 2.05) is 0 Å². The van der Waals surface area contributed by atoms with Crippen LogP contribution >= 0.6 is 0 Å². The quantitative estimate of drug-likeness (QED) is 0.868. The molecule has 0 radical (unpaired) electrons. The Morgan fingerprint density at radius 3 is 2.61 bits per heavy atom. The predicted octanol–water partition coefficient (Wildman–Crippen LogP) is 3.12. The van der Waals surface area contributed by atoms with Crippen LogP contribution in [0.15, 0.2) is 18.2 Å². The number of aliphatic carboxylic acids is 1. The van der Waals surface area contributed by atoms with Gasteiger partial charge in [-0.3, -0.25) is 4.79 Å². The Hall–Kier alpha value is -1.98. The highest BCUT2D eigenvalue weighted by atomic mass is 19.4. The Bertz CT molecular complexity index is 614. The van der Waals surface area contributed by atoms with Gasteiger partial charge in [0.1, 0.15) is 0 Å². The molecule has 0 atom stereocenters. The number of para-hydroxylation sites is 1. The molecular formula is C12H10F3NO2. The molecule has 0 fully saturated rings. The molecule has 0 aliphatic heterocycles. The van der Waals surface area contributed by atoms with Gasteiger partial charge in [-0.25, -0.2) is 0 Å². The molecule has 0 bridgehead atoms. The first-order chi connectivity index (χ1) is 8.30. The highest BCUT2D eigenvalue weighted by molar-refractivity contribution is 5.90. The molecular weight excluding hydrogens is 247 g/mol. The van der Waals surface area contributed by atoms with Crippen LogP contribution in [-0.2, 0) is 17.4 Å². The van der Waals surface area contributed by atoms with Gasteiger partial charge in [0.2, 0.25) is 0 Å². The van der Waals surface area contributed by atoms with Crippen molar-refractivity contribution < 1.29 is 23.1 Å². The zero-order valence-corrected chi connectivity index (χ0v) is 9.43. The number of aromatic nitrogens is 1. The Kier molecular flexibility index (Phi) is 2.80. The van der Waals surface area contributed by atoms with Crippen LogP contribution in [0.25, 0.3) is 10.9 Å². The zero-order valence-electron chi connectivity index (χ0n) is 9.43. The number of halogens is 3. The van der Waals surface area contributed by atoms with Crippen molar-refractivity contribution in [3.05, 3.63) is 35.0 Å². The van der Waals surface area contributed by atoms with Crippen molar-refractivity contribution in [3.63, 3.8) is 0 Å². The molecule has 1 heterocycles. The number of aryl methyl sites for hydroxylation is 1. The smallest absolute Gasteiger partial charge is 0.418 e. The molecule has 0 spiro atoms. The summed E-state index contributed by atoms with van der Waals surface area (Å²) in [5, 5.41) is 9.07. The van der Waals surface area contributed by atoms with E-state index in [1.165, 1.54) is 12.1 Å². The van der Waals surface area contributed by atoms with Crippen molar-refractivity contribution in [2.45, 2.75) is 19.5 Å². The second kappa shape index (κ2) is 4.04. The molecule has 2 rings (SSSR count). The Morgan fingerprint density at radius 2 is 2.06 bits per heavy atom. The van der Waals surface area contributed by atoms with Crippen LogP contribution in [0.4, 0.5) is 13.2 Å². The maximum Gasteiger partial charge on any atom is 0.418 e. The molecule has 0 saturated carbocycles. The summed E-state index contributed by atoms with van der Waals surface area (Å²) in [6, 6.07) is 3.75. The second-order valence-electron chi connectivity index (χ2n) is 4.02. The van der Waals surface area contributed by atoms with E-state index in [2.05, 4.69) is 4.98 Å². The summed E-state index contributed by atoms with van der Waals surface area (Å²) in [4.78, 5) is 13.3. The summed E-state index contributed by atoms with van der Waals surface area (Å²) < 4.78 is 38.4. The Labute approximate surface area is 100 Å². The molecule has 0 aliphatic rings. The number of fused-ring (bicyclic) bond motifs is 1. The molecule has 6 heteroatoms. The second-order valence-corrected chi connectivity index (χ2v) is 4.02. The maximum atomic E-state index is 12.8. The van der Waals surface area contributed by atoms with E-state index >= 15 is 0 Å². The molecule has 0 unspecified atom stereocenters. The summed E-state index contributed by atoms with van der Waals surface area (Å²) in [6.07, 6.45) is -4.76. The minimum Gasteiger partial charge on any atom is -0.481 e. The van der Waals surface area contributed by atoms with Crippen LogP contribution in [0.1, 0.15) is 16.8 Å². The number of hydrogen-bond acceptors (Lipinski definition) is 1. The summed E-state index contributed by atoms with van der Waals surface area (Å²) in [5.74, 6) is -1.07. The minimum atomic E-state index is -4.46. The monoisotopic (exact) mass is 257 g/mol. The molecule has 3 nitrogen and oxygen atoms in total. The average Bonchev–Trinajstić information content (AvgIpc) is 2.53. The summed E-state index contributed by atoms with van der Waals surface area (Å²) in [5.41, 5.74) is 0.00573. The van der Waals surface area contributed by atoms with Crippen molar-refractivity contribution >= 4 is 16.9 Å². The minimum absolute atomic E-state index is 0.0567. The third-order valence-corrected chi connectivity index (χ3v) is 2.79. The average molecular weight is 257 g/mol. The number of carbonyl (C=O) groups is 1. The highest BCUT2D eigenvalue weighted by Crippen LogP contribution is 2.36. The topological polar surface area (TPSA) is 53.1 Å². The number of hydrogen-bond donors (Lipinski definition) is 2. The third-order valence-electron chi connectivity index (χ3n) is 2.79. The van der Waals surface area contributed by atoms with E-state index in [-0.39, 0.29) is 11.9 Å². The molecule has 0 saturated heterocycles. The Morgan fingerprint density at radius 1 is 1.39 bits per heavy atom. The number of alkyl halides is 3. The van der Waals surface area contributed by atoms with E-state index in [0.29, 0.717) is 16.6 Å². The van der Waals surface area contributed by atoms with Gasteiger partial charge in [0, 0.05) is 11.1 Å². The van der Waals surface area contributed by atoms with E-state index in [1.54, 1.807) is 6.92 Å². The molecule has 2 N–H and O–H groups in total. The summed E-state index contributed by atoms with van der Waals surface area (Å²) in [7, 11) is 0. The van der Waals surface area contributed by atoms with Crippen LogP contribution in [0, 0.1) is 6.92 Å². The van der Waals surface area contributed by atoms with E-state index in [9.17, 15) is 18.0 Å². The number of aromatic amines is 1. The van der Waals surface area contributed by atoms with Crippen LogP contribution in [0.3, 0.4) is 0 Å². The van der Waals surface area contributed by atoms with Gasteiger partial charge >= 0.3 is 12.1 Å². The lowest BCUT2D eigenvalue weighted by Crippen LogP contribution is -2.05. The van der Waals surface area contributed by atoms with Crippen LogP contribution in [0.5, 0.6) is 0 Å². The van der Waals surface area contributed by atoms with Crippen molar-refractivity contribution in [1.82, 2.24) is 4.98 Å². The number of nitrogens with one attached hydrogen (secondary N) is 1. The zero-order chi connectivity index (χ0) is 13.5. The standard InChI is InChI=1S/C12H10F3NO2/c1-6-8(5-10(17)18)7-3-2-4-9(11(7)16-6)12(13,14)15/h2-4,16H,5H2,1H3,(H,17,18). The molecule has 96 valence electrons. The molecule has 0 aliphatic carbocycles. The van der Waals surface area contributed by atoms with Crippen molar-refractivity contribution in [2.24, 2.45) is 0 Å². The fraction of sp³-hybridized carbons (Fsp3) is 0.250. The van der Waals surface area contributed by atoms with Gasteiger partial charge in [-0.2, -0.15) is 13.2 Å². The highest BCUT2D eigenvalue weighted by Gasteiger charge is 2.33. The van der Waals surface area contributed by atoms with Crippen molar-refractivity contribution in [1.29, 1.82) is 0 Å². The first-order valence-electron chi connectivity index (χ1n) is 5.20. The first kappa shape index (κ1) is 12.5. The van der Waals surface area contributed by atoms with Gasteiger partial charge in [-0.1, -0.05) is 12.1 Å². The van der Waals surface area contributed by atoms with E-state index in [0.717, 1.165) is 6.07 Å². The van der Waals surface area contributed by atoms with Gasteiger partial charge in [0.25, 0.3) is 0 Å². The molecule has 1 aromatic heterocycles. The number of H-pyrrole nitrogens is 1. The summed E-state index contributed by atoms with van der Waals surface area (Å²) >= 11 is 0. The van der Waals surface area contributed by atoms with Gasteiger partial charge in [0.05, 0.1) is 17.5 Å². The van der Waals surface area contributed by atoms with E-state index < -0.39 is 17.7 Å². The van der Waals surface area contributed by atoms with Crippen LogP contribution in [-0.4, -0.2) is 16.1 Å².